The van der Waals surface area contributed by atoms with Gasteiger partial charge < -0.3 is 25.3 Å². The Morgan fingerprint density at radius 3 is 2.74 bits per heavy atom. The molecule has 3 rings (SSSR count). The maximum Gasteiger partial charge on any atom is 0.352 e. The van der Waals surface area contributed by atoms with Crippen molar-refractivity contribution in [1.29, 1.82) is 0 Å². The summed E-state index contributed by atoms with van der Waals surface area (Å²) in [6, 6.07) is -1.00. The zero-order valence-corrected chi connectivity index (χ0v) is 22.5. The van der Waals surface area contributed by atoms with Crippen LogP contribution in [0.2, 0.25) is 0 Å². The van der Waals surface area contributed by atoms with Crippen LogP contribution >= 0.6 is 23.1 Å². The summed E-state index contributed by atoms with van der Waals surface area (Å²) in [4.78, 5) is 70.8. The number of carbonyl (C=O) groups is 5. The number of fused-ring (bicyclic) bond motifs is 1. The van der Waals surface area contributed by atoms with E-state index in [2.05, 4.69) is 27.4 Å². The molecule has 0 saturated carbocycles. The highest BCUT2D eigenvalue weighted by atomic mass is 32.2. The van der Waals surface area contributed by atoms with Gasteiger partial charge in [-0.05, 0) is 32.8 Å². The number of anilines is 1. The standard InChI is InChI=1S/C23H27N5O8S2/c1-5-12-9-37-20-16(19(32)28(20)17(12)21(33)34)26-18(31)15(13-10-38-22(25-13)24-11-29)27-35-8-6-7-14(30)36-23(2,3)4/h5,10-11,16,20H,1,6-9H2,2-4H3,(H,26,31)(H,33,34)(H,24,25,29)/t16?,20-/m0/s1. The van der Waals surface area contributed by atoms with Gasteiger partial charge in [0.05, 0.1) is 0 Å². The molecule has 204 valence electrons. The van der Waals surface area contributed by atoms with Crippen molar-refractivity contribution in [3.05, 3.63) is 35.0 Å². The van der Waals surface area contributed by atoms with Crippen molar-refractivity contribution in [2.75, 3.05) is 17.7 Å². The molecule has 2 atom stereocenters. The molecule has 0 spiro atoms. The first-order valence-electron chi connectivity index (χ1n) is 11.4. The molecular formula is C23H27N5O8S2. The van der Waals surface area contributed by atoms with Crippen LogP contribution in [0.15, 0.2) is 34.5 Å². The predicted molar refractivity (Wildman–Crippen MR) is 139 cm³/mol. The van der Waals surface area contributed by atoms with Crippen LogP contribution < -0.4 is 10.6 Å². The number of allylic oxidation sites excluding steroid dienone is 1. The Labute approximate surface area is 226 Å². The first kappa shape index (κ1) is 28.8. The minimum Gasteiger partial charge on any atom is -0.477 e. The number of oxime groups is 1. The molecule has 2 aliphatic rings. The molecule has 3 amide bonds. The van der Waals surface area contributed by atoms with Gasteiger partial charge in [0.1, 0.15) is 35.0 Å². The zero-order chi connectivity index (χ0) is 28.0. The average molecular weight is 566 g/mol. The summed E-state index contributed by atoms with van der Waals surface area (Å²) in [5, 5.41) is 19.5. The van der Waals surface area contributed by atoms with Crippen molar-refractivity contribution in [2.45, 2.75) is 50.6 Å². The molecule has 1 unspecified atom stereocenters. The van der Waals surface area contributed by atoms with E-state index in [0.717, 1.165) is 16.2 Å². The number of amides is 3. The Morgan fingerprint density at radius 2 is 2.11 bits per heavy atom. The number of β-lactam (4-membered cyclic amide) rings is 1. The van der Waals surface area contributed by atoms with Gasteiger partial charge in [-0.25, -0.2) is 9.78 Å². The number of hydrogen-bond donors (Lipinski definition) is 3. The van der Waals surface area contributed by atoms with Gasteiger partial charge in [-0.15, -0.1) is 23.1 Å². The number of thiazole rings is 1. The fourth-order valence-corrected chi connectivity index (χ4v) is 5.49. The van der Waals surface area contributed by atoms with Gasteiger partial charge in [-0.2, -0.15) is 0 Å². The van der Waals surface area contributed by atoms with E-state index >= 15 is 0 Å². The van der Waals surface area contributed by atoms with E-state index in [0.29, 0.717) is 17.7 Å². The predicted octanol–water partition coefficient (Wildman–Crippen LogP) is 1.48. The molecule has 2 aliphatic heterocycles. The second kappa shape index (κ2) is 12.2. The lowest BCUT2D eigenvalue weighted by molar-refractivity contribution is -0.155. The number of carboxylic acid groups (broad SMARTS) is 1. The van der Waals surface area contributed by atoms with Crippen molar-refractivity contribution >= 4 is 64.1 Å². The average Bonchev–Trinajstić information content (AvgIpc) is 3.30. The van der Waals surface area contributed by atoms with Crippen LogP contribution in [-0.2, 0) is 33.5 Å². The summed E-state index contributed by atoms with van der Waals surface area (Å²) in [5.41, 5.74) is -0.532. The van der Waals surface area contributed by atoms with Crippen LogP contribution in [0.1, 0.15) is 39.3 Å². The van der Waals surface area contributed by atoms with Gasteiger partial charge >= 0.3 is 11.9 Å². The highest BCUT2D eigenvalue weighted by molar-refractivity contribution is 8.00. The third-order valence-corrected chi connectivity index (χ3v) is 7.15. The van der Waals surface area contributed by atoms with Gasteiger partial charge in [0.2, 0.25) is 6.41 Å². The van der Waals surface area contributed by atoms with Gasteiger partial charge in [0.25, 0.3) is 11.8 Å². The largest absolute Gasteiger partial charge is 0.477 e. The summed E-state index contributed by atoms with van der Waals surface area (Å²) in [7, 11) is 0. The number of rotatable bonds is 12. The molecule has 0 bridgehead atoms. The minimum atomic E-state index is -1.26. The number of thioether (sulfide) groups is 1. The molecule has 1 saturated heterocycles. The Kier molecular flexibility index (Phi) is 9.27. The zero-order valence-electron chi connectivity index (χ0n) is 20.9. The summed E-state index contributed by atoms with van der Waals surface area (Å²) >= 11 is 2.34. The Hall–Kier alpha value is -3.72. The SMILES string of the molecule is C=CC1=C(C(=O)O)N2C(=O)C(NC(=O)C(=NOCCCC(=O)OC(C)(C)C)c3csc(NC=O)n3)[C@@H]2SC1. The van der Waals surface area contributed by atoms with E-state index in [1.165, 1.54) is 23.2 Å². The number of aromatic nitrogens is 1. The van der Waals surface area contributed by atoms with E-state index < -0.39 is 40.8 Å². The number of carbonyl (C=O) groups excluding carboxylic acids is 4. The van der Waals surface area contributed by atoms with Gasteiger partial charge in [0.15, 0.2) is 10.8 Å². The third kappa shape index (κ3) is 6.77. The van der Waals surface area contributed by atoms with Crippen molar-refractivity contribution in [2.24, 2.45) is 5.16 Å². The lowest BCUT2D eigenvalue weighted by atomic mass is 10.0. The number of nitrogens with one attached hydrogen (secondary N) is 2. The highest BCUT2D eigenvalue weighted by Crippen LogP contribution is 2.40. The van der Waals surface area contributed by atoms with Crippen molar-refractivity contribution in [3.63, 3.8) is 0 Å². The lowest BCUT2D eigenvalue weighted by Crippen LogP contribution is -2.71. The van der Waals surface area contributed by atoms with Crippen molar-refractivity contribution in [3.8, 4) is 0 Å². The number of nitrogens with zero attached hydrogens (tertiary/aromatic N) is 3. The number of esters is 1. The minimum absolute atomic E-state index is 0.00862. The van der Waals surface area contributed by atoms with E-state index in [9.17, 15) is 29.1 Å². The molecule has 0 aromatic carbocycles. The second-order valence-electron chi connectivity index (χ2n) is 9.01. The van der Waals surface area contributed by atoms with Crippen LogP contribution in [0.3, 0.4) is 0 Å². The molecule has 1 aromatic rings. The quantitative estimate of drug-likeness (QED) is 0.0840. The summed E-state index contributed by atoms with van der Waals surface area (Å²) in [6.45, 7) is 8.86. The molecule has 3 N–H and O–H groups in total. The molecule has 15 heteroatoms. The first-order valence-corrected chi connectivity index (χ1v) is 13.3. The Bertz CT molecular complexity index is 1200. The highest BCUT2D eigenvalue weighted by Gasteiger charge is 2.54. The maximum absolute atomic E-state index is 13.2. The van der Waals surface area contributed by atoms with E-state index in [1.54, 1.807) is 20.8 Å². The first-order chi connectivity index (χ1) is 18.0. The number of hydrogen-bond acceptors (Lipinski definition) is 11. The van der Waals surface area contributed by atoms with Crippen molar-refractivity contribution in [1.82, 2.24) is 15.2 Å². The number of carboxylic acids is 1. The van der Waals surface area contributed by atoms with Crippen LogP contribution in [0.25, 0.3) is 0 Å². The van der Waals surface area contributed by atoms with Crippen molar-refractivity contribution < 1.29 is 38.7 Å². The monoisotopic (exact) mass is 565 g/mol. The molecule has 13 nitrogen and oxygen atoms in total. The fourth-order valence-electron chi connectivity index (χ4n) is 3.50. The smallest absolute Gasteiger partial charge is 0.352 e. The maximum atomic E-state index is 13.2. The molecular weight excluding hydrogens is 538 g/mol. The number of aliphatic carboxylic acids is 1. The summed E-state index contributed by atoms with van der Waals surface area (Å²) < 4.78 is 5.23. The fraction of sp³-hybridized carbons (Fsp3) is 0.435. The van der Waals surface area contributed by atoms with E-state index in [4.69, 9.17) is 9.57 Å². The molecule has 0 radical (unpaired) electrons. The topological polar surface area (TPSA) is 177 Å². The van der Waals surface area contributed by atoms with Crippen LogP contribution in [0.4, 0.5) is 5.13 Å². The molecule has 38 heavy (non-hydrogen) atoms. The molecule has 0 aliphatic carbocycles. The van der Waals surface area contributed by atoms with Crippen LogP contribution in [0, 0.1) is 0 Å². The van der Waals surface area contributed by atoms with Gasteiger partial charge in [-0.1, -0.05) is 17.8 Å². The van der Waals surface area contributed by atoms with Gasteiger partial charge in [0, 0.05) is 17.6 Å². The molecule has 3 heterocycles. The van der Waals surface area contributed by atoms with Gasteiger partial charge in [-0.3, -0.25) is 24.1 Å². The Morgan fingerprint density at radius 1 is 1.37 bits per heavy atom. The van der Waals surface area contributed by atoms with E-state index in [1.807, 2.05) is 0 Å². The normalized spacial score (nSPS) is 19.2. The van der Waals surface area contributed by atoms with Crippen LogP contribution in [0.5, 0.6) is 0 Å². The summed E-state index contributed by atoms with van der Waals surface area (Å²) in [5.74, 6) is -2.73. The second-order valence-corrected chi connectivity index (χ2v) is 11.0. The van der Waals surface area contributed by atoms with E-state index in [-0.39, 0.29) is 41.7 Å². The Balaban J connectivity index is 1.70. The third-order valence-electron chi connectivity index (χ3n) is 5.07. The van der Waals surface area contributed by atoms with Crippen LogP contribution in [-0.4, -0.2) is 80.2 Å². The number of ether oxygens (including phenoxy) is 1. The molecule has 1 fully saturated rings. The summed E-state index contributed by atoms with van der Waals surface area (Å²) in [6.07, 6.45) is 2.17. The lowest BCUT2D eigenvalue weighted by Gasteiger charge is -2.49. The molecule has 1 aromatic heterocycles.